The molecule has 0 aliphatic rings. The van der Waals surface area contributed by atoms with E-state index >= 15 is 0 Å². The fourth-order valence-electron chi connectivity index (χ4n) is 2.30. The van der Waals surface area contributed by atoms with Crippen molar-refractivity contribution in [3.8, 4) is 11.5 Å². The van der Waals surface area contributed by atoms with Crippen molar-refractivity contribution in [3.63, 3.8) is 0 Å². The molecule has 21 heavy (non-hydrogen) atoms. The van der Waals surface area contributed by atoms with E-state index in [1.54, 1.807) is 0 Å². The van der Waals surface area contributed by atoms with Crippen LogP contribution < -0.4 is 9.47 Å². The predicted molar refractivity (Wildman–Crippen MR) is 96.0 cm³/mol. The van der Waals surface area contributed by atoms with Crippen LogP contribution in [0.2, 0.25) is 0 Å². The average molecular weight is 396 g/mol. The Kier molecular flexibility index (Phi) is 6.36. The summed E-state index contributed by atoms with van der Waals surface area (Å²) in [6.07, 6.45) is 0. The van der Waals surface area contributed by atoms with Crippen molar-refractivity contribution in [2.45, 2.75) is 19.8 Å². The molecule has 0 saturated heterocycles. The first-order valence-electron chi connectivity index (χ1n) is 7.30. The SMILES string of the molecule is CCOc1ccc(C(CI)c2ccc(OCC)cc2)cc1. The third-order valence-electron chi connectivity index (χ3n) is 3.34. The fraction of sp³-hybridized carbons (Fsp3) is 0.333. The van der Waals surface area contributed by atoms with Crippen LogP contribution in [0.5, 0.6) is 11.5 Å². The second kappa shape index (κ2) is 8.27. The average Bonchev–Trinajstić information content (AvgIpc) is 2.52. The summed E-state index contributed by atoms with van der Waals surface area (Å²) in [5.74, 6) is 2.26. The zero-order chi connectivity index (χ0) is 15.1. The smallest absolute Gasteiger partial charge is 0.119 e. The highest BCUT2D eigenvalue weighted by Gasteiger charge is 2.13. The van der Waals surface area contributed by atoms with Gasteiger partial charge in [-0.25, -0.2) is 0 Å². The summed E-state index contributed by atoms with van der Waals surface area (Å²) in [6, 6.07) is 16.8. The van der Waals surface area contributed by atoms with Gasteiger partial charge in [-0.1, -0.05) is 46.9 Å². The summed E-state index contributed by atoms with van der Waals surface area (Å²) in [5, 5.41) is 0. The first kappa shape index (κ1) is 16.1. The van der Waals surface area contributed by atoms with Crippen molar-refractivity contribution in [3.05, 3.63) is 59.7 Å². The van der Waals surface area contributed by atoms with E-state index in [-0.39, 0.29) is 0 Å². The summed E-state index contributed by atoms with van der Waals surface area (Å²) in [7, 11) is 0. The molecule has 0 fully saturated rings. The first-order chi connectivity index (χ1) is 10.3. The number of benzene rings is 2. The quantitative estimate of drug-likeness (QED) is 0.482. The maximum Gasteiger partial charge on any atom is 0.119 e. The van der Waals surface area contributed by atoms with Gasteiger partial charge in [-0.05, 0) is 49.2 Å². The van der Waals surface area contributed by atoms with Crippen LogP contribution in [-0.2, 0) is 0 Å². The second-order valence-electron chi connectivity index (χ2n) is 4.71. The number of ether oxygens (including phenoxy) is 2. The standard InChI is InChI=1S/C18H21IO2/c1-3-20-16-9-5-14(6-10-16)18(13-19)15-7-11-17(12-8-15)21-4-2/h5-12,18H,3-4,13H2,1-2H3. The molecule has 0 bridgehead atoms. The van der Waals surface area contributed by atoms with Crippen LogP contribution >= 0.6 is 22.6 Å². The Bertz CT molecular complexity index is 485. The molecule has 2 aromatic carbocycles. The van der Waals surface area contributed by atoms with Gasteiger partial charge < -0.3 is 9.47 Å². The van der Waals surface area contributed by atoms with E-state index in [2.05, 4.69) is 46.9 Å². The minimum Gasteiger partial charge on any atom is -0.494 e. The van der Waals surface area contributed by atoms with E-state index in [1.165, 1.54) is 11.1 Å². The van der Waals surface area contributed by atoms with Gasteiger partial charge in [0.05, 0.1) is 13.2 Å². The molecule has 0 heterocycles. The number of alkyl halides is 1. The molecule has 0 aliphatic heterocycles. The Labute approximate surface area is 140 Å². The Hall–Kier alpha value is -1.23. The van der Waals surface area contributed by atoms with Crippen molar-refractivity contribution < 1.29 is 9.47 Å². The van der Waals surface area contributed by atoms with Crippen molar-refractivity contribution in [2.75, 3.05) is 17.6 Å². The lowest BCUT2D eigenvalue weighted by molar-refractivity contribution is 0.340. The van der Waals surface area contributed by atoms with Gasteiger partial charge in [0.25, 0.3) is 0 Å². The minimum absolute atomic E-state index is 0.400. The van der Waals surface area contributed by atoms with Gasteiger partial charge in [-0.3, -0.25) is 0 Å². The highest BCUT2D eigenvalue weighted by Crippen LogP contribution is 2.29. The van der Waals surface area contributed by atoms with E-state index in [0.29, 0.717) is 19.1 Å². The fourth-order valence-corrected chi connectivity index (χ4v) is 3.31. The van der Waals surface area contributed by atoms with Crippen molar-refractivity contribution in [2.24, 2.45) is 0 Å². The van der Waals surface area contributed by atoms with Crippen LogP contribution in [0.3, 0.4) is 0 Å². The van der Waals surface area contributed by atoms with Gasteiger partial charge in [0.1, 0.15) is 11.5 Å². The molecular weight excluding hydrogens is 375 g/mol. The maximum atomic E-state index is 5.50. The molecule has 0 radical (unpaired) electrons. The van der Waals surface area contributed by atoms with E-state index < -0.39 is 0 Å². The Morgan fingerprint density at radius 3 is 1.43 bits per heavy atom. The van der Waals surface area contributed by atoms with E-state index in [9.17, 15) is 0 Å². The Balaban J connectivity index is 2.18. The van der Waals surface area contributed by atoms with Crippen LogP contribution in [0.25, 0.3) is 0 Å². The van der Waals surface area contributed by atoms with Crippen LogP contribution in [-0.4, -0.2) is 17.6 Å². The molecule has 2 nitrogen and oxygen atoms in total. The Morgan fingerprint density at radius 1 is 0.762 bits per heavy atom. The molecule has 2 aromatic rings. The summed E-state index contributed by atoms with van der Waals surface area (Å²) < 4.78 is 12.0. The van der Waals surface area contributed by atoms with Gasteiger partial charge >= 0.3 is 0 Å². The van der Waals surface area contributed by atoms with Gasteiger partial charge in [-0.2, -0.15) is 0 Å². The number of hydrogen-bond donors (Lipinski definition) is 0. The topological polar surface area (TPSA) is 18.5 Å². The molecule has 112 valence electrons. The van der Waals surface area contributed by atoms with E-state index in [4.69, 9.17) is 9.47 Å². The van der Waals surface area contributed by atoms with Gasteiger partial charge in [0.15, 0.2) is 0 Å². The molecule has 0 N–H and O–H groups in total. The molecule has 0 aromatic heterocycles. The third kappa shape index (κ3) is 4.37. The van der Waals surface area contributed by atoms with Gasteiger partial charge in [0, 0.05) is 10.3 Å². The first-order valence-corrected chi connectivity index (χ1v) is 8.82. The summed E-state index contributed by atoms with van der Waals surface area (Å²) in [4.78, 5) is 0. The van der Waals surface area contributed by atoms with Crippen molar-refractivity contribution >= 4 is 22.6 Å². The molecule has 0 saturated carbocycles. The lowest BCUT2D eigenvalue weighted by Gasteiger charge is -2.16. The van der Waals surface area contributed by atoms with Gasteiger partial charge in [-0.15, -0.1) is 0 Å². The summed E-state index contributed by atoms with van der Waals surface area (Å²) in [5.41, 5.74) is 2.63. The maximum absolute atomic E-state index is 5.50. The number of hydrogen-bond acceptors (Lipinski definition) is 2. The largest absolute Gasteiger partial charge is 0.494 e. The lowest BCUT2D eigenvalue weighted by atomic mass is 9.93. The monoisotopic (exact) mass is 396 g/mol. The molecule has 0 amide bonds. The second-order valence-corrected chi connectivity index (χ2v) is 5.59. The Morgan fingerprint density at radius 2 is 1.14 bits per heavy atom. The summed E-state index contributed by atoms with van der Waals surface area (Å²) in [6.45, 7) is 5.41. The lowest BCUT2D eigenvalue weighted by Crippen LogP contribution is -2.03. The molecule has 0 unspecified atom stereocenters. The van der Waals surface area contributed by atoms with Crippen molar-refractivity contribution in [1.29, 1.82) is 0 Å². The molecule has 2 rings (SSSR count). The third-order valence-corrected chi connectivity index (χ3v) is 4.22. The molecule has 0 atom stereocenters. The summed E-state index contributed by atoms with van der Waals surface area (Å²) >= 11 is 2.44. The van der Waals surface area contributed by atoms with Crippen LogP contribution in [0, 0.1) is 0 Å². The normalized spacial score (nSPS) is 10.7. The zero-order valence-electron chi connectivity index (χ0n) is 12.5. The minimum atomic E-state index is 0.400. The number of halogens is 1. The van der Waals surface area contributed by atoms with Crippen LogP contribution in [0.4, 0.5) is 0 Å². The molecule has 0 aliphatic carbocycles. The molecular formula is C18H21IO2. The highest BCUT2D eigenvalue weighted by atomic mass is 127. The van der Waals surface area contributed by atoms with E-state index in [1.807, 2.05) is 38.1 Å². The zero-order valence-corrected chi connectivity index (χ0v) is 14.7. The van der Waals surface area contributed by atoms with E-state index in [0.717, 1.165) is 15.9 Å². The molecule has 3 heteroatoms. The van der Waals surface area contributed by atoms with Gasteiger partial charge in [0.2, 0.25) is 0 Å². The van der Waals surface area contributed by atoms with Crippen LogP contribution in [0.1, 0.15) is 30.9 Å². The van der Waals surface area contributed by atoms with Crippen LogP contribution in [0.15, 0.2) is 48.5 Å². The predicted octanol–water partition coefficient (Wildman–Crippen LogP) is 5.05. The van der Waals surface area contributed by atoms with Crippen molar-refractivity contribution in [1.82, 2.24) is 0 Å². The molecule has 0 spiro atoms. The number of rotatable bonds is 7. The highest BCUT2D eigenvalue weighted by molar-refractivity contribution is 14.1.